The van der Waals surface area contributed by atoms with Crippen molar-refractivity contribution in [1.82, 2.24) is 9.62 Å². The van der Waals surface area contributed by atoms with Gasteiger partial charge in [0.1, 0.15) is 5.82 Å². The van der Waals surface area contributed by atoms with Gasteiger partial charge in [0.15, 0.2) is 0 Å². The summed E-state index contributed by atoms with van der Waals surface area (Å²) < 4.78 is 39.1. The standard InChI is InChI=1S/C22H29FN2O3S/c1-17(14-22(2,3)19-11-6-5-7-12-19)24-21(26)16-25(29(4,27)28)15-18-10-8-9-13-20(18)23/h5-13,17H,14-16H2,1-4H3,(H,24,26). The Kier molecular flexibility index (Phi) is 7.54. The number of sulfonamides is 1. The van der Waals surface area contributed by atoms with Crippen molar-refractivity contribution < 1.29 is 17.6 Å². The fourth-order valence-corrected chi connectivity index (χ4v) is 4.14. The van der Waals surface area contributed by atoms with Crippen LogP contribution < -0.4 is 5.32 Å². The number of halogens is 1. The maximum absolute atomic E-state index is 13.9. The first-order valence-electron chi connectivity index (χ1n) is 9.52. The fourth-order valence-electron chi connectivity index (χ4n) is 3.41. The van der Waals surface area contributed by atoms with E-state index >= 15 is 0 Å². The second-order valence-corrected chi connectivity index (χ2v) is 10.0. The van der Waals surface area contributed by atoms with Crippen molar-refractivity contribution in [3.05, 3.63) is 71.5 Å². The lowest BCUT2D eigenvalue weighted by atomic mass is 9.79. The van der Waals surface area contributed by atoms with Crippen LogP contribution in [0.1, 0.15) is 38.3 Å². The molecule has 5 nitrogen and oxygen atoms in total. The van der Waals surface area contributed by atoms with Crippen molar-refractivity contribution in [3.63, 3.8) is 0 Å². The number of rotatable bonds is 9. The van der Waals surface area contributed by atoms with Gasteiger partial charge in [-0.1, -0.05) is 62.4 Å². The predicted octanol–water partition coefficient (Wildman–Crippen LogP) is 3.46. The number of carbonyl (C=O) groups excluding carboxylic acids is 1. The summed E-state index contributed by atoms with van der Waals surface area (Å²) >= 11 is 0. The smallest absolute Gasteiger partial charge is 0.235 e. The van der Waals surface area contributed by atoms with Crippen LogP contribution in [-0.2, 0) is 26.8 Å². The topological polar surface area (TPSA) is 66.5 Å². The zero-order chi connectivity index (χ0) is 21.7. The molecule has 1 unspecified atom stereocenters. The number of hydrogen-bond donors (Lipinski definition) is 1. The zero-order valence-electron chi connectivity index (χ0n) is 17.4. The summed E-state index contributed by atoms with van der Waals surface area (Å²) in [6.07, 6.45) is 1.71. The van der Waals surface area contributed by atoms with Crippen LogP contribution in [0.25, 0.3) is 0 Å². The average Bonchev–Trinajstić information content (AvgIpc) is 2.62. The van der Waals surface area contributed by atoms with Gasteiger partial charge in [0.25, 0.3) is 0 Å². The molecule has 0 saturated heterocycles. The summed E-state index contributed by atoms with van der Waals surface area (Å²) in [4.78, 5) is 12.5. The Morgan fingerprint density at radius 3 is 2.28 bits per heavy atom. The summed E-state index contributed by atoms with van der Waals surface area (Å²) in [6.45, 7) is 5.55. The van der Waals surface area contributed by atoms with Crippen LogP contribution in [0.5, 0.6) is 0 Å². The third kappa shape index (κ3) is 6.94. The molecule has 0 saturated carbocycles. The van der Waals surface area contributed by atoms with Gasteiger partial charge in [0.05, 0.1) is 12.8 Å². The largest absolute Gasteiger partial charge is 0.352 e. The third-order valence-corrected chi connectivity index (χ3v) is 6.07. The molecule has 7 heteroatoms. The predicted molar refractivity (Wildman–Crippen MR) is 113 cm³/mol. The van der Waals surface area contributed by atoms with E-state index < -0.39 is 21.7 Å². The van der Waals surface area contributed by atoms with E-state index in [0.29, 0.717) is 6.42 Å². The van der Waals surface area contributed by atoms with Crippen LogP contribution in [0.3, 0.4) is 0 Å². The van der Waals surface area contributed by atoms with Gasteiger partial charge in [-0.3, -0.25) is 4.79 Å². The Hall–Kier alpha value is -2.25. The molecular formula is C22H29FN2O3S. The first kappa shape index (κ1) is 23.0. The van der Waals surface area contributed by atoms with Crippen molar-refractivity contribution in [2.75, 3.05) is 12.8 Å². The molecule has 1 amide bonds. The minimum absolute atomic E-state index is 0.155. The Balaban J connectivity index is 2.01. The van der Waals surface area contributed by atoms with Crippen molar-refractivity contribution in [1.29, 1.82) is 0 Å². The van der Waals surface area contributed by atoms with Gasteiger partial charge in [-0.05, 0) is 30.4 Å². The number of nitrogens with one attached hydrogen (secondary N) is 1. The van der Waals surface area contributed by atoms with Crippen LogP contribution in [0.2, 0.25) is 0 Å². The molecule has 0 spiro atoms. The Morgan fingerprint density at radius 1 is 1.10 bits per heavy atom. The van der Waals surface area contributed by atoms with Gasteiger partial charge in [-0.15, -0.1) is 0 Å². The van der Waals surface area contributed by atoms with E-state index in [2.05, 4.69) is 19.2 Å². The summed E-state index contributed by atoms with van der Waals surface area (Å²) in [5, 5.41) is 2.87. The van der Waals surface area contributed by atoms with Crippen molar-refractivity contribution in [3.8, 4) is 0 Å². The van der Waals surface area contributed by atoms with E-state index in [0.717, 1.165) is 10.6 Å². The molecule has 29 heavy (non-hydrogen) atoms. The molecule has 158 valence electrons. The van der Waals surface area contributed by atoms with Crippen molar-refractivity contribution in [2.24, 2.45) is 0 Å². The maximum Gasteiger partial charge on any atom is 0.235 e. The molecule has 1 N–H and O–H groups in total. The van der Waals surface area contributed by atoms with E-state index in [9.17, 15) is 17.6 Å². The van der Waals surface area contributed by atoms with E-state index in [1.54, 1.807) is 6.07 Å². The summed E-state index contributed by atoms with van der Waals surface area (Å²) in [7, 11) is -3.68. The molecule has 2 aromatic rings. The van der Waals surface area contributed by atoms with Crippen LogP contribution in [0.4, 0.5) is 4.39 Å². The molecule has 0 radical (unpaired) electrons. The van der Waals surface area contributed by atoms with Crippen LogP contribution in [-0.4, -0.2) is 37.5 Å². The lowest BCUT2D eigenvalue weighted by Crippen LogP contribution is -2.44. The maximum atomic E-state index is 13.9. The highest BCUT2D eigenvalue weighted by Gasteiger charge is 2.26. The Bertz CT molecular complexity index is 930. The molecule has 0 aliphatic rings. The number of amides is 1. The first-order valence-corrected chi connectivity index (χ1v) is 11.4. The molecular weight excluding hydrogens is 391 g/mol. The molecule has 0 bridgehead atoms. The summed E-state index contributed by atoms with van der Waals surface area (Å²) in [5.74, 6) is -0.914. The molecule has 1 atom stereocenters. The van der Waals surface area contributed by atoms with E-state index in [1.165, 1.54) is 23.8 Å². The summed E-state index contributed by atoms with van der Waals surface area (Å²) in [6, 6.07) is 15.8. The first-order chi connectivity index (χ1) is 13.5. The van der Waals surface area contributed by atoms with Crippen LogP contribution in [0.15, 0.2) is 54.6 Å². The third-order valence-electron chi connectivity index (χ3n) is 4.87. The normalized spacial score (nSPS) is 13.3. The number of benzene rings is 2. The number of carbonyl (C=O) groups is 1. The minimum atomic E-state index is -3.68. The number of hydrogen-bond acceptors (Lipinski definition) is 3. The van der Waals surface area contributed by atoms with Gasteiger partial charge >= 0.3 is 0 Å². The van der Waals surface area contributed by atoms with E-state index in [4.69, 9.17) is 0 Å². The zero-order valence-corrected chi connectivity index (χ0v) is 18.2. The SMILES string of the molecule is CC(CC(C)(C)c1ccccc1)NC(=O)CN(Cc1ccccc1F)S(C)(=O)=O. The molecule has 2 aromatic carbocycles. The Morgan fingerprint density at radius 2 is 1.69 bits per heavy atom. The summed E-state index contributed by atoms with van der Waals surface area (Å²) in [5.41, 5.74) is 1.24. The fraction of sp³-hybridized carbons (Fsp3) is 0.409. The lowest BCUT2D eigenvalue weighted by Gasteiger charge is -2.29. The second kappa shape index (κ2) is 9.50. The van der Waals surface area contributed by atoms with Gasteiger partial charge in [-0.2, -0.15) is 4.31 Å². The van der Waals surface area contributed by atoms with E-state index in [-0.39, 0.29) is 30.1 Å². The van der Waals surface area contributed by atoms with Gasteiger partial charge in [0.2, 0.25) is 15.9 Å². The van der Waals surface area contributed by atoms with Crippen LogP contribution >= 0.6 is 0 Å². The Labute approximate surface area is 173 Å². The van der Waals surface area contributed by atoms with Crippen molar-refractivity contribution in [2.45, 2.75) is 45.2 Å². The average molecular weight is 421 g/mol. The van der Waals surface area contributed by atoms with E-state index in [1.807, 2.05) is 37.3 Å². The molecule has 2 rings (SSSR count). The van der Waals surface area contributed by atoms with Gasteiger partial charge < -0.3 is 5.32 Å². The molecule has 0 fully saturated rings. The molecule has 0 heterocycles. The monoisotopic (exact) mass is 420 g/mol. The van der Waals surface area contributed by atoms with Crippen LogP contribution in [0, 0.1) is 5.82 Å². The quantitative estimate of drug-likeness (QED) is 0.676. The molecule has 0 aromatic heterocycles. The second-order valence-electron chi connectivity index (χ2n) is 8.05. The minimum Gasteiger partial charge on any atom is -0.352 e. The highest BCUT2D eigenvalue weighted by molar-refractivity contribution is 7.88. The highest BCUT2D eigenvalue weighted by atomic mass is 32.2. The number of nitrogens with zero attached hydrogens (tertiary/aromatic N) is 1. The van der Waals surface area contributed by atoms with Gasteiger partial charge in [-0.25, -0.2) is 12.8 Å². The molecule has 0 aliphatic heterocycles. The van der Waals surface area contributed by atoms with Gasteiger partial charge in [0, 0.05) is 18.2 Å². The highest BCUT2D eigenvalue weighted by Crippen LogP contribution is 2.28. The van der Waals surface area contributed by atoms with Crippen molar-refractivity contribution >= 4 is 15.9 Å². The lowest BCUT2D eigenvalue weighted by molar-refractivity contribution is -0.122. The molecule has 0 aliphatic carbocycles.